The number of nitrogens with one attached hydrogen (secondary N) is 2. The molecule has 2 rings (SSSR count). The summed E-state index contributed by atoms with van der Waals surface area (Å²) in [5.41, 5.74) is 1.05. The molecule has 1 atom stereocenters. The van der Waals surface area contributed by atoms with Crippen molar-refractivity contribution in [3.05, 3.63) is 29.8 Å². The first kappa shape index (κ1) is 19.5. The molecule has 2 N–H and O–H groups in total. The van der Waals surface area contributed by atoms with E-state index >= 15 is 0 Å². The van der Waals surface area contributed by atoms with Crippen molar-refractivity contribution in [3.8, 4) is 5.75 Å². The average molecular weight is 369 g/mol. The molecule has 7 nitrogen and oxygen atoms in total. The predicted molar refractivity (Wildman–Crippen MR) is 98.8 cm³/mol. The average Bonchev–Trinajstić information content (AvgIpc) is 2.93. The number of ether oxygens (including phenoxy) is 2. The molecular weight excluding hydrogens is 342 g/mol. The van der Waals surface area contributed by atoms with Crippen molar-refractivity contribution in [1.82, 2.24) is 10.6 Å². The number of hydrogen-bond donors (Lipinski definition) is 2. The van der Waals surface area contributed by atoms with Crippen LogP contribution in [0.1, 0.15) is 18.9 Å². The molecule has 1 unspecified atom stereocenters. The lowest BCUT2D eigenvalue weighted by Gasteiger charge is -2.15. The van der Waals surface area contributed by atoms with Crippen molar-refractivity contribution in [1.29, 1.82) is 0 Å². The van der Waals surface area contributed by atoms with Crippen LogP contribution in [0.15, 0.2) is 29.3 Å². The Balaban J connectivity index is 1.89. The van der Waals surface area contributed by atoms with Crippen molar-refractivity contribution in [3.63, 3.8) is 0 Å². The van der Waals surface area contributed by atoms with Gasteiger partial charge in [-0.3, -0.25) is 0 Å². The number of rotatable bonds is 8. The number of guanidine groups is 1. The Morgan fingerprint density at radius 1 is 1.28 bits per heavy atom. The minimum Gasteiger partial charge on any atom is -0.491 e. The molecule has 1 aromatic rings. The topological polar surface area (TPSA) is 89.0 Å². The van der Waals surface area contributed by atoms with Gasteiger partial charge in [-0.1, -0.05) is 12.1 Å². The van der Waals surface area contributed by atoms with E-state index in [4.69, 9.17) is 9.47 Å². The first-order valence-corrected chi connectivity index (χ1v) is 10.3. The Bertz CT molecular complexity index is 659. The Morgan fingerprint density at radius 3 is 2.64 bits per heavy atom. The highest BCUT2D eigenvalue weighted by molar-refractivity contribution is 7.91. The molecular formula is C17H27N3O4S. The van der Waals surface area contributed by atoms with E-state index in [0.717, 1.165) is 17.9 Å². The third-order valence-corrected chi connectivity index (χ3v) is 5.58. The third kappa shape index (κ3) is 6.91. The molecule has 0 radical (unpaired) electrons. The minimum absolute atomic E-state index is 0.0700. The lowest BCUT2D eigenvalue weighted by atomic mass is 10.2. The summed E-state index contributed by atoms with van der Waals surface area (Å²) < 4.78 is 33.6. The van der Waals surface area contributed by atoms with E-state index in [1.165, 1.54) is 0 Å². The summed E-state index contributed by atoms with van der Waals surface area (Å²) in [4.78, 5) is 4.54. The summed E-state index contributed by atoms with van der Waals surface area (Å²) in [5.74, 6) is 1.86. The van der Waals surface area contributed by atoms with Crippen LogP contribution in [-0.4, -0.2) is 58.8 Å². The first-order chi connectivity index (χ1) is 12.0. The highest BCUT2D eigenvalue weighted by Gasteiger charge is 2.28. The van der Waals surface area contributed by atoms with Crippen molar-refractivity contribution >= 4 is 15.8 Å². The summed E-state index contributed by atoms with van der Waals surface area (Å²) in [6, 6.07) is 7.68. The molecule has 0 aromatic heterocycles. The van der Waals surface area contributed by atoms with Gasteiger partial charge in [0.1, 0.15) is 12.4 Å². The zero-order valence-corrected chi connectivity index (χ0v) is 15.6. The molecule has 0 aliphatic carbocycles. The number of hydrogen-bond acceptors (Lipinski definition) is 5. The fourth-order valence-corrected chi connectivity index (χ4v) is 4.20. The van der Waals surface area contributed by atoms with Crippen LogP contribution in [-0.2, 0) is 21.1 Å². The Hall–Kier alpha value is -1.80. The third-order valence-electron chi connectivity index (χ3n) is 3.82. The van der Waals surface area contributed by atoms with Gasteiger partial charge in [0.05, 0.1) is 24.7 Å². The monoisotopic (exact) mass is 369 g/mol. The smallest absolute Gasteiger partial charge is 0.191 e. The molecule has 0 spiro atoms. The number of aliphatic imine (C=N–C) groups is 1. The second kappa shape index (κ2) is 9.62. The van der Waals surface area contributed by atoms with Crippen molar-refractivity contribution < 1.29 is 17.9 Å². The van der Waals surface area contributed by atoms with Gasteiger partial charge in [0.2, 0.25) is 0 Å². The molecule has 8 heteroatoms. The molecule has 140 valence electrons. The second-order valence-corrected chi connectivity index (χ2v) is 8.15. The molecule has 1 heterocycles. The van der Waals surface area contributed by atoms with Crippen molar-refractivity contribution in [2.45, 2.75) is 25.9 Å². The largest absolute Gasteiger partial charge is 0.491 e. The van der Waals surface area contributed by atoms with Crippen LogP contribution in [0.2, 0.25) is 0 Å². The van der Waals surface area contributed by atoms with Gasteiger partial charge in [0, 0.05) is 19.7 Å². The number of methoxy groups -OCH3 is 1. The summed E-state index contributed by atoms with van der Waals surface area (Å²) in [6.07, 6.45) is 0.625. The van der Waals surface area contributed by atoms with Gasteiger partial charge in [-0.05, 0) is 31.0 Å². The van der Waals surface area contributed by atoms with Crippen LogP contribution in [0.4, 0.5) is 0 Å². The van der Waals surface area contributed by atoms with E-state index in [1.54, 1.807) is 7.11 Å². The van der Waals surface area contributed by atoms with E-state index in [2.05, 4.69) is 15.6 Å². The van der Waals surface area contributed by atoms with Gasteiger partial charge in [0.25, 0.3) is 0 Å². The van der Waals surface area contributed by atoms with Crippen LogP contribution < -0.4 is 15.4 Å². The minimum atomic E-state index is -2.91. The summed E-state index contributed by atoms with van der Waals surface area (Å²) in [6.45, 7) is 4.28. The molecule has 1 fully saturated rings. The van der Waals surface area contributed by atoms with Crippen molar-refractivity contribution in [2.24, 2.45) is 4.99 Å². The van der Waals surface area contributed by atoms with E-state index in [1.807, 2.05) is 31.2 Å². The molecule has 0 saturated carbocycles. The van der Waals surface area contributed by atoms with Crippen LogP contribution in [0.5, 0.6) is 5.75 Å². The Kier molecular flexibility index (Phi) is 7.52. The predicted octanol–water partition coefficient (Wildman–Crippen LogP) is 0.954. The number of nitrogens with zero attached hydrogens (tertiary/aromatic N) is 1. The zero-order chi connectivity index (χ0) is 18.1. The number of benzene rings is 1. The van der Waals surface area contributed by atoms with Gasteiger partial charge in [-0.15, -0.1) is 0 Å². The molecule has 1 aliphatic heterocycles. The Labute approximate surface area is 149 Å². The second-order valence-electron chi connectivity index (χ2n) is 5.92. The summed E-state index contributed by atoms with van der Waals surface area (Å²) >= 11 is 0. The van der Waals surface area contributed by atoms with Gasteiger partial charge in [0.15, 0.2) is 15.8 Å². The molecule has 0 bridgehead atoms. The van der Waals surface area contributed by atoms with Crippen LogP contribution in [0.25, 0.3) is 0 Å². The standard InChI is InChI=1S/C17H27N3O4S/c1-3-18-17(20-15-8-11-25(21,22)13-15)19-12-14-4-6-16(7-5-14)24-10-9-23-2/h4-7,15H,3,8-13H2,1-2H3,(H2,18,19,20). The lowest BCUT2D eigenvalue weighted by Crippen LogP contribution is -2.44. The summed E-state index contributed by atoms with van der Waals surface area (Å²) in [7, 11) is -1.27. The molecule has 0 amide bonds. The van der Waals surface area contributed by atoms with E-state index in [-0.39, 0.29) is 17.5 Å². The number of sulfone groups is 1. The lowest BCUT2D eigenvalue weighted by molar-refractivity contribution is 0.146. The molecule has 1 saturated heterocycles. The van der Waals surface area contributed by atoms with Gasteiger partial charge in [-0.25, -0.2) is 13.4 Å². The van der Waals surface area contributed by atoms with Crippen molar-refractivity contribution in [2.75, 3.05) is 38.4 Å². The highest BCUT2D eigenvalue weighted by Crippen LogP contribution is 2.13. The maximum atomic E-state index is 11.6. The maximum absolute atomic E-state index is 11.6. The van der Waals surface area contributed by atoms with Crippen LogP contribution >= 0.6 is 0 Å². The van der Waals surface area contributed by atoms with Gasteiger partial charge in [-0.2, -0.15) is 0 Å². The van der Waals surface area contributed by atoms with E-state index in [0.29, 0.717) is 32.1 Å². The van der Waals surface area contributed by atoms with Gasteiger partial charge >= 0.3 is 0 Å². The van der Waals surface area contributed by atoms with E-state index < -0.39 is 9.84 Å². The normalized spacial score (nSPS) is 19.6. The maximum Gasteiger partial charge on any atom is 0.191 e. The quantitative estimate of drug-likeness (QED) is 0.403. The fraction of sp³-hybridized carbons (Fsp3) is 0.588. The molecule has 1 aromatic carbocycles. The molecule has 1 aliphatic rings. The molecule has 25 heavy (non-hydrogen) atoms. The van der Waals surface area contributed by atoms with Gasteiger partial charge < -0.3 is 20.1 Å². The highest BCUT2D eigenvalue weighted by atomic mass is 32.2. The first-order valence-electron chi connectivity index (χ1n) is 8.48. The fourth-order valence-electron chi connectivity index (χ4n) is 2.53. The van der Waals surface area contributed by atoms with E-state index in [9.17, 15) is 8.42 Å². The van der Waals surface area contributed by atoms with Crippen LogP contribution in [0, 0.1) is 0 Å². The summed E-state index contributed by atoms with van der Waals surface area (Å²) in [5, 5.41) is 6.37. The Morgan fingerprint density at radius 2 is 2.04 bits per heavy atom. The zero-order valence-electron chi connectivity index (χ0n) is 14.8. The van der Waals surface area contributed by atoms with Crippen LogP contribution in [0.3, 0.4) is 0 Å². The SMILES string of the molecule is CCNC(=NCc1ccc(OCCOC)cc1)NC1CCS(=O)(=O)C1.